The van der Waals surface area contributed by atoms with E-state index in [0.717, 1.165) is 77.2 Å². The van der Waals surface area contributed by atoms with Crippen LogP contribution in [0.25, 0.3) is 0 Å². The number of nitrogens with zero attached hydrogens (tertiary/aromatic N) is 1. The largest absolute Gasteiger partial charge is 0.461 e. The number of carbonyl (C=O) groups is 3. The third-order valence-electron chi connectivity index (χ3n) is 12.7. The Balaban J connectivity index is 1.55. The molecule has 1 heterocycles. The van der Waals surface area contributed by atoms with E-state index >= 15 is 0 Å². The van der Waals surface area contributed by atoms with Gasteiger partial charge in [0, 0.05) is 36.1 Å². The lowest BCUT2D eigenvalue weighted by atomic mass is 9.43. The van der Waals surface area contributed by atoms with Gasteiger partial charge in [-0.2, -0.15) is 0 Å². The van der Waals surface area contributed by atoms with E-state index in [2.05, 4.69) is 27.4 Å². The van der Waals surface area contributed by atoms with E-state index in [4.69, 9.17) is 16.2 Å². The Kier molecular flexibility index (Phi) is 12.7. The minimum absolute atomic E-state index is 0.0258. The highest BCUT2D eigenvalue weighted by Crippen LogP contribution is 2.68. The number of likely N-dealkylation sites (tertiary alicyclic amines) is 1. The SMILES string of the molecule is C=C[C@@]12[C@H](C)CC[C@]3(CCC(=O)[C@H]31)[C@@H](C)[C@H](O)[C@@](C)(CCCCCCCCN)C[C@H]2OC(=O)CSC1CCN(C(=O)CN)CC1. The maximum atomic E-state index is 13.9. The monoisotopic (exact) mass is 647 g/mol. The fraction of sp³-hybridized carbons (Fsp3) is 0.861. The van der Waals surface area contributed by atoms with Gasteiger partial charge in [-0.3, -0.25) is 14.4 Å². The number of amides is 1. The number of unbranched alkanes of at least 4 members (excludes halogenated alkanes) is 5. The molecule has 1 amide bonds. The molecule has 8 atom stereocenters. The molecule has 0 aromatic heterocycles. The summed E-state index contributed by atoms with van der Waals surface area (Å²) >= 11 is 1.61. The molecule has 9 heteroatoms. The Morgan fingerprint density at radius 3 is 2.38 bits per heavy atom. The molecule has 1 aliphatic heterocycles. The summed E-state index contributed by atoms with van der Waals surface area (Å²) in [6, 6.07) is 0. The van der Waals surface area contributed by atoms with Crippen molar-refractivity contribution in [2.24, 2.45) is 45.5 Å². The minimum atomic E-state index is -0.655. The van der Waals surface area contributed by atoms with Gasteiger partial charge in [-0.05, 0) is 80.6 Å². The Morgan fingerprint density at radius 2 is 1.73 bits per heavy atom. The second kappa shape index (κ2) is 15.7. The van der Waals surface area contributed by atoms with Crippen molar-refractivity contribution in [2.45, 2.75) is 128 Å². The molecule has 0 radical (unpaired) electrons. The zero-order valence-electron chi connectivity index (χ0n) is 28.3. The van der Waals surface area contributed by atoms with Gasteiger partial charge in [-0.15, -0.1) is 18.3 Å². The van der Waals surface area contributed by atoms with Crippen molar-refractivity contribution >= 4 is 29.4 Å². The lowest BCUT2D eigenvalue weighted by Gasteiger charge is -2.62. The van der Waals surface area contributed by atoms with E-state index in [1.807, 2.05) is 6.08 Å². The second-order valence-corrected chi connectivity index (χ2v) is 16.4. The summed E-state index contributed by atoms with van der Waals surface area (Å²) < 4.78 is 6.56. The van der Waals surface area contributed by atoms with Crippen LogP contribution in [0.3, 0.4) is 0 Å². The van der Waals surface area contributed by atoms with Crippen molar-refractivity contribution in [1.29, 1.82) is 0 Å². The zero-order valence-corrected chi connectivity index (χ0v) is 29.1. The number of hydrogen-bond donors (Lipinski definition) is 3. The molecular weight excluding hydrogens is 586 g/mol. The molecule has 0 aromatic rings. The van der Waals surface area contributed by atoms with E-state index in [0.29, 0.717) is 25.9 Å². The number of esters is 1. The van der Waals surface area contributed by atoms with E-state index in [1.165, 1.54) is 6.42 Å². The van der Waals surface area contributed by atoms with Crippen molar-refractivity contribution in [3.05, 3.63) is 12.7 Å². The van der Waals surface area contributed by atoms with Gasteiger partial charge in [0.2, 0.25) is 5.91 Å². The predicted molar refractivity (Wildman–Crippen MR) is 181 cm³/mol. The standard InChI is InChI=1S/C36H61N3O5S/c1-5-36-25(2)12-17-35(18-13-28(40)32(35)36)26(3)33(43)34(4,16-10-8-6-7-9-11-19-37)22-29(36)44-31(42)24-45-27-14-20-39(21-15-27)30(41)23-38/h5,25-27,29,32-33,43H,1,6-24,37-38H2,2-4H3/t25-,26+,29-,32-,33+,34+,35+,36+/m1/s1. The Morgan fingerprint density at radius 1 is 1.07 bits per heavy atom. The number of hydrogen-bond acceptors (Lipinski definition) is 8. The van der Waals surface area contributed by atoms with E-state index in [-0.39, 0.29) is 58.4 Å². The van der Waals surface area contributed by atoms with E-state index in [1.54, 1.807) is 16.7 Å². The molecule has 4 fully saturated rings. The van der Waals surface area contributed by atoms with Gasteiger partial charge in [0.15, 0.2) is 0 Å². The number of Topliss-reactive ketones (excluding diaryl/α,β-unsaturated/α-hetero) is 1. The van der Waals surface area contributed by atoms with Crippen molar-refractivity contribution in [3.63, 3.8) is 0 Å². The molecule has 0 unspecified atom stereocenters. The van der Waals surface area contributed by atoms with Crippen LogP contribution in [0.4, 0.5) is 0 Å². The summed E-state index contributed by atoms with van der Waals surface area (Å²) in [4.78, 5) is 41.4. The van der Waals surface area contributed by atoms with Gasteiger partial charge < -0.3 is 26.2 Å². The quantitative estimate of drug-likeness (QED) is 0.132. The highest BCUT2D eigenvalue weighted by molar-refractivity contribution is 8.00. The first-order valence-corrected chi connectivity index (χ1v) is 18.9. The topological polar surface area (TPSA) is 136 Å². The van der Waals surface area contributed by atoms with Crippen LogP contribution < -0.4 is 11.5 Å². The molecule has 3 aliphatic carbocycles. The highest BCUT2D eigenvalue weighted by Gasteiger charge is 2.69. The van der Waals surface area contributed by atoms with Crippen LogP contribution >= 0.6 is 11.8 Å². The summed E-state index contributed by atoms with van der Waals surface area (Å²) in [7, 11) is 0. The Labute approximate surface area is 276 Å². The van der Waals surface area contributed by atoms with Gasteiger partial charge in [0.25, 0.3) is 0 Å². The number of aliphatic hydroxyl groups excluding tert-OH is 1. The molecule has 3 saturated carbocycles. The smallest absolute Gasteiger partial charge is 0.316 e. The number of rotatable bonds is 14. The molecule has 0 aromatic carbocycles. The first kappa shape index (κ1) is 36.4. The number of piperidine rings is 1. The summed E-state index contributed by atoms with van der Waals surface area (Å²) in [5, 5.41) is 12.5. The van der Waals surface area contributed by atoms with Crippen molar-refractivity contribution < 1.29 is 24.2 Å². The first-order chi connectivity index (χ1) is 21.5. The molecule has 2 bridgehead atoms. The maximum absolute atomic E-state index is 13.9. The van der Waals surface area contributed by atoms with Gasteiger partial charge in [0.05, 0.1) is 18.4 Å². The number of ketones is 1. The molecular formula is C36H61N3O5S. The average Bonchev–Trinajstić information content (AvgIpc) is 3.39. The number of aliphatic hydroxyl groups is 1. The van der Waals surface area contributed by atoms with E-state index in [9.17, 15) is 19.5 Å². The summed E-state index contributed by atoms with van der Waals surface area (Å²) in [5.41, 5.74) is 9.79. The van der Waals surface area contributed by atoms with Gasteiger partial charge >= 0.3 is 5.97 Å². The molecule has 0 spiro atoms. The summed E-state index contributed by atoms with van der Waals surface area (Å²) in [6.45, 7) is 13.0. The van der Waals surface area contributed by atoms with Crippen LogP contribution in [0.15, 0.2) is 12.7 Å². The van der Waals surface area contributed by atoms with Crippen LogP contribution in [-0.2, 0) is 19.1 Å². The van der Waals surface area contributed by atoms with Gasteiger partial charge in [-0.25, -0.2) is 0 Å². The van der Waals surface area contributed by atoms with Crippen molar-refractivity contribution in [2.75, 3.05) is 31.9 Å². The molecule has 4 rings (SSSR count). The normalized spacial score (nSPS) is 37.1. The fourth-order valence-corrected chi connectivity index (χ4v) is 10.9. The molecule has 1 saturated heterocycles. The van der Waals surface area contributed by atoms with Crippen LogP contribution in [0.1, 0.15) is 111 Å². The Hall–Kier alpha value is -1.42. The number of ether oxygens (including phenoxy) is 1. The molecule has 4 aliphatic rings. The minimum Gasteiger partial charge on any atom is -0.461 e. The maximum Gasteiger partial charge on any atom is 0.316 e. The zero-order chi connectivity index (χ0) is 32.8. The second-order valence-electron chi connectivity index (χ2n) is 15.1. The third-order valence-corrected chi connectivity index (χ3v) is 14.0. The molecule has 8 nitrogen and oxygen atoms in total. The fourth-order valence-electron chi connectivity index (χ4n) is 9.90. The van der Waals surface area contributed by atoms with E-state index < -0.39 is 23.0 Å². The third kappa shape index (κ3) is 7.36. The number of nitrogens with two attached hydrogens (primary N) is 2. The predicted octanol–water partition coefficient (Wildman–Crippen LogP) is 5.25. The molecule has 256 valence electrons. The van der Waals surface area contributed by atoms with Crippen molar-refractivity contribution in [3.8, 4) is 0 Å². The van der Waals surface area contributed by atoms with Gasteiger partial charge in [0.1, 0.15) is 11.9 Å². The highest BCUT2D eigenvalue weighted by atomic mass is 32.2. The lowest BCUT2D eigenvalue weighted by Crippen LogP contribution is -2.63. The summed E-state index contributed by atoms with van der Waals surface area (Å²) in [6.07, 6.45) is 13.7. The van der Waals surface area contributed by atoms with Gasteiger partial charge in [-0.1, -0.05) is 59.0 Å². The summed E-state index contributed by atoms with van der Waals surface area (Å²) in [5.74, 6) is 0.0102. The first-order valence-electron chi connectivity index (χ1n) is 17.8. The van der Waals surface area contributed by atoms with Crippen LogP contribution in [0, 0.1) is 34.0 Å². The average molecular weight is 648 g/mol. The lowest BCUT2D eigenvalue weighted by molar-refractivity contribution is -0.203. The Bertz CT molecular complexity index is 1050. The molecule has 45 heavy (non-hydrogen) atoms. The van der Waals surface area contributed by atoms with Crippen LogP contribution in [-0.4, -0.2) is 77.1 Å². The van der Waals surface area contributed by atoms with Crippen molar-refractivity contribution in [1.82, 2.24) is 4.90 Å². The number of carbonyl (C=O) groups excluding carboxylic acids is 3. The molecule has 5 N–H and O–H groups in total. The number of thioether (sulfide) groups is 1. The van der Waals surface area contributed by atoms with Crippen LogP contribution in [0.5, 0.6) is 0 Å². The van der Waals surface area contributed by atoms with Crippen LogP contribution in [0.2, 0.25) is 0 Å².